The van der Waals surface area contributed by atoms with Gasteiger partial charge in [-0.25, -0.2) is 8.42 Å². The van der Waals surface area contributed by atoms with E-state index in [1.165, 1.54) is 16.4 Å². The van der Waals surface area contributed by atoms with Gasteiger partial charge in [-0.3, -0.25) is 0 Å². The van der Waals surface area contributed by atoms with Crippen LogP contribution in [0.3, 0.4) is 0 Å². The fourth-order valence-corrected chi connectivity index (χ4v) is 3.88. The van der Waals surface area contributed by atoms with Crippen molar-refractivity contribution in [3.05, 3.63) is 17.9 Å². The van der Waals surface area contributed by atoms with Gasteiger partial charge >= 0.3 is 0 Å². The van der Waals surface area contributed by atoms with Crippen LogP contribution in [-0.4, -0.2) is 42.9 Å². The van der Waals surface area contributed by atoms with Crippen molar-refractivity contribution in [2.24, 2.45) is 0 Å². The molecule has 0 amide bonds. The molecule has 1 aromatic rings. The Morgan fingerprint density at radius 2 is 2.17 bits per heavy atom. The Bertz CT molecular complexity index is 469. The second-order valence-corrected chi connectivity index (χ2v) is 6.76. The Morgan fingerprint density at radius 3 is 2.61 bits per heavy atom. The summed E-state index contributed by atoms with van der Waals surface area (Å²) < 4.78 is 31.0. The van der Waals surface area contributed by atoms with Gasteiger partial charge in [-0.15, -0.1) is 0 Å². The highest BCUT2D eigenvalue weighted by molar-refractivity contribution is 7.98. The van der Waals surface area contributed by atoms with Gasteiger partial charge < -0.3 is 9.52 Å². The molecule has 0 aliphatic rings. The molecule has 1 unspecified atom stereocenters. The van der Waals surface area contributed by atoms with Crippen LogP contribution in [0.2, 0.25) is 0 Å². The number of furan rings is 1. The van der Waals surface area contributed by atoms with E-state index >= 15 is 0 Å². The van der Waals surface area contributed by atoms with E-state index in [1.54, 1.807) is 18.8 Å². The van der Waals surface area contributed by atoms with Gasteiger partial charge in [0.25, 0.3) is 10.0 Å². The molecule has 0 aromatic carbocycles. The number of aliphatic hydroxyl groups excluding tert-OH is 1. The highest BCUT2D eigenvalue weighted by Crippen LogP contribution is 2.21. The molecule has 1 aromatic heterocycles. The monoisotopic (exact) mass is 293 g/mol. The number of hydrogen-bond donors (Lipinski definition) is 1. The molecule has 0 radical (unpaired) electrons. The van der Waals surface area contributed by atoms with Crippen LogP contribution in [0.5, 0.6) is 0 Å². The van der Waals surface area contributed by atoms with E-state index < -0.39 is 10.0 Å². The molecule has 1 N–H and O–H groups in total. The van der Waals surface area contributed by atoms with Gasteiger partial charge in [0.05, 0.1) is 0 Å². The maximum atomic E-state index is 12.3. The zero-order chi connectivity index (χ0) is 13.8. The van der Waals surface area contributed by atoms with Crippen molar-refractivity contribution in [2.75, 3.05) is 19.1 Å². The van der Waals surface area contributed by atoms with Crippen LogP contribution in [0.1, 0.15) is 19.1 Å². The largest absolute Gasteiger partial charge is 0.446 e. The third-order valence-corrected chi connectivity index (χ3v) is 5.27. The summed E-state index contributed by atoms with van der Waals surface area (Å²) in [5, 5.41) is 8.77. The summed E-state index contributed by atoms with van der Waals surface area (Å²) in [7, 11) is -2.06. The third kappa shape index (κ3) is 3.28. The van der Waals surface area contributed by atoms with Gasteiger partial charge in [0.2, 0.25) is 5.09 Å². The summed E-state index contributed by atoms with van der Waals surface area (Å²) in [5.74, 6) is 0.986. The van der Waals surface area contributed by atoms with E-state index in [1.807, 2.05) is 13.2 Å². The van der Waals surface area contributed by atoms with E-state index in [9.17, 15) is 8.42 Å². The Kier molecular flexibility index (Phi) is 5.71. The number of thioether (sulfide) groups is 1. The second-order valence-electron chi connectivity index (χ2n) is 3.92. The van der Waals surface area contributed by atoms with E-state index in [0.717, 1.165) is 12.2 Å². The smallest absolute Gasteiger partial charge is 0.276 e. The Labute approximate surface area is 112 Å². The predicted molar refractivity (Wildman–Crippen MR) is 72.0 cm³/mol. The molecule has 0 spiro atoms. The molecule has 1 heterocycles. The standard InChI is InChI=1S/C11H19NO4S2/c1-4-9(8-17-3)12(2)18(14,15)11-6-5-10(7-13)16-11/h5-6,9,13H,4,7-8H2,1-3H3. The molecule has 5 nitrogen and oxygen atoms in total. The number of hydrogen-bond acceptors (Lipinski definition) is 5. The average molecular weight is 293 g/mol. The number of aliphatic hydroxyl groups is 1. The molecule has 18 heavy (non-hydrogen) atoms. The van der Waals surface area contributed by atoms with Crippen LogP contribution < -0.4 is 0 Å². The van der Waals surface area contributed by atoms with Gasteiger partial charge in [0, 0.05) is 18.8 Å². The fraction of sp³-hybridized carbons (Fsp3) is 0.636. The molecule has 0 bridgehead atoms. The zero-order valence-electron chi connectivity index (χ0n) is 10.8. The number of sulfonamides is 1. The van der Waals surface area contributed by atoms with Crippen LogP contribution in [0.4, 0.5) is 0 Å². The zero-order valence-corrected chi connectivity index (χ0v) is 12.4. The van der Waals surface area contributed by atoms with Crippen molar-refractivity contribution in [3.63, 3.8) is 0 Å². The van der Waals surface area contributed by atoms with Gasteiger partial charge in [-0.05, 0) is 24.8 Å². The van der Waals surface area contributed by atoms with E-state index in [4.69, 9.17) is 9.52 Å². The Balaban J connectivity index is 2.97. The topological polar surface area (TPSA) is 70.8 Å². The number of nitrogens with zero attached hydrogens (tertiary/aromatic N) is 1. The van der Waals surface area contributed by atoms with Crippen molar-refractivity contribution < 1.29 is 17.9 Å². The van der Waals surface area contributed by atoms with E-state index in [2.05, 4.69) is 0 Å². The van der Waals surface area contributed by atoms with Gasteiger partial charge in [0.15, 0.2) is 0 Å². The maximum absolute atomic E-state index is 12.3. The molecule has 0 aliphatic heterocycles. The van der Waals surface area contributed by atoms with E-state index in [0.29, 0.717) is 0 Å². The highest BCUT2D eigenvalue weighted by atomic mass is 32.2. The summed E-state index contributed by atoms with van der Waals surface area (Å²) in [5.41, 5.74) is 0. The molecule has 1 atom stereocenters. The van der Waals surface area contributed by atoms with Crippen LogP contribution in [0, 0.1) is 0 Å². The normalized spacial score (nSPS) is 14.1. The lowest BCUT2D eigenvalue weighted by atomic mass is 10.3. The first kappa shape index (κ1) is 15.6. The fourth-order valence-electron chi connectivity index (χ4n) is 1.59. The molecular formula is C11H19NO4S2. The van der Waals surface area contributed by atoms with Gasteiger partial charge in [0.1, 0.15) is 12.4 Å². The average Bonchev–Trinajstić information content (AvgIpc) is 2.84. The summed E-state index contributed by atoms with van der Waals surface area (Å²) in [6.07, 6.45) is 2.68. The van der Waals surface area contributed by atoms with Gasteiger partial charge in [-0.2, -0.15) is 16.1 Å². The molecular weight excluding hydrogens is 274 g/mol. The molecule has 0 saturated carbocycles. The van der Waals surface area contributed by atoms with Crippen molar-refractivity contribution >= 4 is 21.8 Å². The Hall–Kier alpha value is -0.500. The third-order valence-electron chi connectivity index (χ3n) is 2.77. The minimum absolute atomic E-state index is 0.0623. The van der Waals surface area contributed by atoms with Crippen LogP contribution in [0.15, 0.2) is 21.6 Å². The minimum Gasteiger partial charge on any atom is -0.446 e. The summed E-state index contributed by atoms with van der Waals surface area (Å²) >= 11 is 1.61. The number of rotatable bonds is 7. The van der Waals surface area contributed by atoms with Crippen molar-refractivity contribution in [3.8, 4) is 0 Å². The first-order valence-electron chi connectivity index (χ1n) is 5.63. The lowest BCUT2D eigenvalue weighted by molar-refractivity contribution is 0.234. The van der Waals surface area contributed by atoms with E-state index in [-0.39, 0.29) is 23.5 Å². The van der Waals surface area contributed by atoms with Crippen molar-refractivity contribution in [1.82, 2.24) is 4.31 Å². The van der Waals surface area contributed by atoms with Crippen molar-refractivity contribution in [2.45, 2.75) is 31.1 Å². The van der Waals surface area contributed by atoms with Crippen LogP contribution in [-0.2, 0) is 16.6 Å². The lowest BCUT2D eigenvalue weighted by Gasteiger charge is -2.24. The van der Waals surface area contributed by atoms with Crippen molar-refractivity contribution in [1.29, 1.82) is 0 Å². The van der Waals surface area contributed by atoms with Gasteiger partial charge in [-0.1, -0.05) is 6.92 Å². The first-order valence-corrected chi connectivity index (χ1v) is 8.47. The molecule has 104 valence electrons. The first-order chi connectivity index (χ1) is 8.47. The second kappa shape index (κ2) is 6.60. The molecule has 0 saturated heterocycles. The molecule has 7 heteroatoms. The minimum atomic E-state index is -3.62. The quantitative estimate of drug-likeness (QED) is 0.825. The molecule has 0 fully saturated rings. The van der Waals surface area contributed by atoms with Crippen LogP contribution in [0.25, 0.3) is 0 Å². The maximum Gasteiger partial charge on any atom is 0.276 e. The predicted octanol–water partition coefficient (Wildman–Crippen LogP) is 1.53. The molecule has 1 rings (SSSR count). The Morgan fingerprint density at radius 1 is 1.50 bits per heavy atom. The highest BCUT2D eigenvalue weighted by Gasteiger charge is 2.29. The SMILES string of the molecule is CCC(CSC)N(C)S(=O)(=O)c1ccc(CO)o1. The summed E-state index contributed by atoms with van der Waals surface area (Å²) in [6.45, 7) is 1.65. The lowest BCUT2D eigenvalue weighted by Crippen LogP contribution is -2.38. The van der Waals surface area contributed by atoms with Crippen LogP contribution >= 0.6 is 11.8 Å². The summed E-state index contributed by atoms with van der Waals surface area (Å²) in [4.78, 5) is 0. The molecule has 0 aliphatic carbocycles. The summed E-state index contributed by atoms with van der Waals surface area (Å²) in [6, 6.07) is 2.78.